The Bertz CT molecular complexity index is 3820. The minimum atomic E-state index is -3.34. The van der Waals surface area contributed by atoms with Gasteiger partial charge < -0.3 is 265 Å². The number of aliphatic carboxylic acids is 1. The lowest BCUT2D eigenvalue weighted by Gasteiger charge is -2.52. The molecule has 0 aromatic carbocycles. The summed E-state index contributed by atoms with van der Waals surface area (Å²) in [5.41, 5.74) is 0. The molecule has 0 saturated carbocycles. The molecule has 0 bridgehead atoms. The maximum absolute atomic E-state index is 13.4. The second-order valence-corrected chi connectivity index (χ2v) is 33.9. The average Bonchev–Trinajstić information content (AvgIpc) is 0.757. The van der Waals surface area contributed by atoms with Crippen LogP contribution in [-0.2, 0) is 124 Å². The van der Waals surface area contributed by atoms with Crippen molar-refractivity contribution in [2.24, 2.45) is 0 Å². The molecule has 60 nitrogen and oxygen atoms in total. The molecular weight excluding hydrogens is 1850 g/mol. The van der Waals surface area contributed by atoms with E-state index < -0.39 is 426 Å². The van der Waals surface area contributed by atoms with Crippen LogP contribution in [0.25, 0.3) is 0 Å². The molecule has 0 aromatic heterocycles. The van der Waals surface area contributed by atoms with Gasteiger partial charge >= 0.3 is 5.97 Å². The molecule has 0 radical (unpaired) electrons. The number of carbonyl (C=O) groups excluding carboxylic acids is 6. The molecule has 10 rings (SSSR count). The number of aliphatic hydroxyl groups is 27. The molecule has 10 aliphatic rings. The van der Waals surface area contributed by atoms with E-state index in [9.17, 15) is 177 Å². The van der Waals surface area contributed by atoms with E-state index in [4.69, 9.17) is 90.0 Å². The number of ether oxygens (including phenoxy) is 19. The summed E-state index contributed by atoms with van der Waals surface area (Å²) in [6.45, 7) is -6.91. The summed E-state index contributed by atoms with van der Waals surface area (Å²) in [6.07, 6.45) is -101. The number of rotatable bonds is 37. The molecule has 10 saturated heterocycles. The average molecular weight is 1970 g/mol. The molecule has 0 aromatic rings. The topological polar surface area (TPSA) is 933 Å². The van der Waals surface area contributed by atoms with Gasteiger partial charge in [0.25, 0.3) is 5.79 Å². The summed E-state index contributed by atoms with van der Waals surface area (Å²) < 4.78 is 116. The summed E-state index contributed by atoms with van der Waals surface area (Å²) in [5.74, 6) is -11.3. The lowest BCUT2D eigenvalue weighted by Crippen LogP contribution is -2.71. The van der Waals surface area contributed by atoms with E-state index in [0.29, 0.717) is 0 Å². The summed E-state index contributed by atoms with van der Waals surface area (Å²) in [7, 11) is 0. The molecule has 0 aliphatic carbocycles. The Hall–Kier alpha value is -5.55. The summed E-state index contributed by atoms with van der Waals surface area (Å²) >= 11 is 0. The molecular formula is C75H124N6O54. The summed E-state index contributed by atoms with van der Waals surface area (Å²) in [6, 6.07) is -11.7. The van der Waals surface area contributed by atoms with Crippen molar-refractivity contribution in [3.8, 4) is 0 Å². The fourth-order valence-corrected chi connectivity index (χ4v) is 17.4. The minimum Gasteiger partial charge on any atom is -0.477 e. The zero-order chi connectivity index (χ0) is 99.9. The largest absolute Gasteiger partial charge is 0.477 e. The highest BCUT2D eigenvalue weighted by Gasteiger charge is 2.65. The van der Waals surface area contributed by atoms with E-state index in [1.54, 1.807) is 0 Å². The van der Waals surface area contributed by atoms with Crippen molar-refractivity contribution in [3.05, 3.63) is 0 Å². The third-order valence-electron chi connectivity index (χ3n) is 24.3. The van der Waals surface area contributed by atoms with Crippen molar-refractivity contribution in [1.29, 1.82) is 0 Å². The first-order chi connectivity index (χ1) is 63.7. The van der Waals surface area contributed by atoms with Gasteiger partial charge in [-0.15, -0.1) is 0 Å². The van der Waals surface area contributed by atoms with Crippen LogP contribution in [0.1, 0.15) is 48.0 Å². The van der Waals surface area contributed by atoms with Crippen LogP contribution in [0.5, 0.6) is 0 Å². The van der Waals surface area contributed by atoms with Crippen molar-refractivity contribution < 1.29 is 267 Å². The van der Waals surface area contributed by atoms with Crippen molar-refractivity contribution in [1.82, 2.24) is 31.9 Å². The standard InChI is InChI=1S/C75H124N6O54/c1-18(91)76-35-24(97)7-75(74(115)116,134-60(35)41(99)25(98)8-82)135-61-46(104)30(13-87)121-70(54(61)112)128-57-33(16-90)125-69(40(51(57)109)81-23(6)96)132-63-52(110)44(102)28(11-85)122-72(63)117-17-34-59(130-66-37(78-20(3)93)47(105)42(100)26(9-83)119-66)62(131-73-64(53(111)45(103)29(12-86)123-73)133-67-38(79-21(4)94)48(106)43(101)27(10-84)120-67)55(113)71(126-34)129-58-32(15-89)124-68(39(50(58)108)80-22(5)95)127-56-31(14-88)118-65(114)36(49(56)107)77-19(2)92/h24-73,82-90,97-114H,7-17H2,1-6H3,(H,76,91)(H,77,92)(H,78,93)(H,79,94)(H,80,95)(H,81,96)(H,115,116)/t24-,25+,26+,27+,28+,29+,30+,31+,32+,33+,34+,35+,36+,37+,38+,39+,40+,41+,42+,43+,44+,45+,46-,47+,48+,49+,50+,51+,52-,53-,54+,55-,56+,57+,58+,59+,60+,61-,62+,63-,64-,65-,66-,67-,68-,69-,70-,71-,72-,73+,75-/m0/s1. The molecule has 0 unspecified atom stereocenters. The van der Waals surface area contributed by atoms with E-state index in [-0.39, 0.29) is 0 Å². The SMILES string of the molecule is CC(=O)N[C@@H]1[C@@H](O)[C@H](O[C@@H]2O[C@H](CO)[C@@H](O[C@@H]3O[C@H](CO[C@H]4O[C@H](CO)[C@@H](O)[C@H](O)[C@@H]4O[C@@H]4O[C@H](CO)[C@@H](O[C@@H]5O[C@H](CO)[C@H](O)[C@H](O[C@]6(C(=O)O)C[C@H](O)[C@@H](NC(C)=O)[C@H]([C@H](O)[C@H](O)CO)O6)[C@H]5O)[C@H](O)[C@H]4NC(C)=O)[C@@H](O[C@@H]4O[C@H](CO)[C@@H](O)[C@H](O)[C@H]4NC(C)=O)[C@H](O[C@H]4O[C@H](CO)[C@@H](O)[C@H](O)[C@@H]4O[C@@H]4O[C@H](CO)[C@@H](O)[C@H](O)[C@H]4NC(C)=O)[C@@H]3O)[C@H](O)[C@H]2NC(C)=O)[C@@H](CO)O[C@@H]1O. The van der Waals surface area contributed by atoms with Gasteiger partial charge in [0.1, 0.15) is 238 Å². The molecule has 60 heteroatoms. The van der Waals surface area contributed by atoms with Crippen molar-refractivity contribution in [2.75, 3.05) is 66.1 Å². The number of carbonyl (C=O) groups is 7. The predicted molar refractivity (Wildman–Crippen MR) is 416 cm³/mol. The normalized spacial score (nSPS) is 46.4. The predicted octanol–water partition coefficient (Wildman–Crippen LogP) is -22.7. The van der Waals surface area contributed by atoms with Gasteiger partial charge in [-0.3, -0.25) is 28.8 Å². The van der Waals surface area contributed by atoms with E-state index in [1.807, 2.05) is 0 Å². The Morgan fingerprint density at radius 3 is 1.00 bits per heavy atom. The van der Waals surface area contributed by atoms with Crippen LogP contribution in [-0.4, -0.2) is 563 Å². The molecule has 135 heavy (non-hydrogen) atoms. The van der Waals surface area contributed by atoms with Crippen LogP contribution in [0.4, 0.5) is 0 Å². The van der Waals surface area contributed by atoms with Gasteiger partial charge in [-0.25, -0.2) is 4.79 Å². The lowest BCUT2D eigenvalue weighted by molar-refractivity contribution is -0.408. The first kappa shape index (κ1) is 111. The number of amides is 6. The van der Waals surface area contributed by atoms with Gasteiger partial charge in [0, 0.05) is 48.0 Å². The van der Waals surface area contributed by atoms with Crippen molar-refractivity contribution >= 4 is 41.4 Å². The number of carboxylic acids is 1. The number of aliphatic hydroxyl groups excluding tert-OH is 27. The maximum Gasteiger partial charge on any atom is 0.364 e. The Morgan fingerprint density at radius 2 is 0.600 bits per heavy atom. The van der Waals surface area contributed by atoms with Crippen LogP contribution in [0.15, 0.2) is 0 Å². The Labute approximate surface area is 764 Å². The molecule has 10 aliphatic heterocycles. The summed E-state index contributed by atoms with van der Waals surface area (Å²) in [5, 5.41) is 331. The zero-order valence-corrected chi connectivity index (χ0v) is 72.8. The maximum atomic E-state index is 13.4. The van der Waals surface area contributed by atoms with Gasteiger partial charge in [-0.05, 0) is 0 Å². The van der Waals surface area contributed by atoms with Gasteiger partial charge in [0.15, 0.2) is 56.6 Å². The number of nitrogens with one attached hydrogen (secondary N) is 6. The quantitative estimate of drug-likeness (QED) is 0.0275. The first-order valence-electron chi connectivity index (χ1n) is 42.8. The van der Waals surface area contributed by atoms with Crippen molar-refractivity contribution in [2.45, 2.75) is 360 Å². The molecule has 6 amide bonds. The number of hydrogen-bond donors (Lipinski definition) is 34. The highest BCUT2D eigenvalue weighted by Crippen LogP contribution is 2.43. The monoisotopic (exact) mass is 1970 g/mol. The van der Waals surface area contributed by atoms with Gasteiger partial charge in [0.05, 0.1) is 78.2 Å². The van der Waals surface area contributed by atoms with Gasteiger partial charge in [-0.1, -0.05) is 0 Å². The number of hydrogen-bond acceptors (Lipinski definition) is 53. The van der Waals surface area contributed by atoms with Crippen LogP contribution >= 0.6 is 0 Å². The summed E-state index contributed by atoms with van der Waals surface area (Å²) in [4.78, 5) is 90.5. The Kier molecular flexibility index (Phi) is 40.0. The van der Waals surface area contributed by atoms with E-state index in [2.05, 4.69) is 31.9 Å². The van der Waals surface area contributed by atoms with Crippen molar-refractivity contribution in [3.63, 3.8) is 0 Å². The van der Waals surface area contributed by atoms with Gasteiger partial charge in [-0.2, -0.15) is 0 Å². The third kappa shape index (κ3) is 25.0. The van der Waals surface area contributed by atoms with Crippen LogP contribution < -0.4 is 31.9 Å². The first-order valence-corrected chi connectivity index (χ1v) is 42.8. The number of carboxylic acid groups (broad SMARTS) is 1. The molecule has 51 atom stereocenters. The second kappa shape index (κ2) is 48.5. The molecule has 10 heterocycles. The molecule has 34 N–H and O–H groups in total. The van der Waals surface area contributed by atoms with Crippen LogP contribution in [0.3, 0.4) is 0 Å². The minimum absolute atomic E-state index is 0.833. The van der Waals surface area contributed by atoms with E-state index >= 15 is 0 Å². The fraction of sp³-hybridized carbons (Fsp3) is 0.907. The van der Waals surface area contributed by atoms with E-state index in [0.717, 1.165) is 41.5 Å². The van der Waals surface area contributed by atoms with Crippen LogP contribution in [0.2, 0.25) is 0 Å². The molecule has 0 spiro atoms. The third-order valence-corrected chi connectivity index (χ3v) is 24.3. The van der Waals surface area contributed by atoms with E-state index in [1.165, 1.54) is 0 Å². The zero-order valence-electron chi connectivity index (χ0n) is 72.8. The van der Waals surface area contributed by atoms with Crippen LogP contribution in [0, 0.1) is 0 Å². The highest BCUT2D eigenvalue weighted by atomic mass is 16.8. The fourth-order valence-electron chi connectivity index (χ4n) is 17.4. The molecule has 10 fully saturated rings. The second-order valence-electron chi connectivity index (χ2n) is 33.9. The Balaban J connectivity index is 1.05. The smallest absolute Gasteiger partial charge is 0.364 e. The van der Waals surface area contributed by atoms with Gasteiger partial charge in [0.2, 0.25) is 35.4 Å². The lowest BCUT2D eigenvalue weighted by atomic mass is 9.88. The molecule has 778 valence electrons. The Morgan fingerprint density at radius 1 is 0.304 bits per heavy atom. The highest BCUT2D eigenvalue weighted by molar-refractivity contribution is 5.77.